The molecule has 42 heavy (non-hydrogen) atoms. The van der Waals surface area contributed by atoms with E-state index in [9.17, 15) is 51.1 Å². The second kappa shape index (κ2) is 15.1. The highest BCUT2D eigenvalue weighted by atomic mass is 16.7. The lowest BCUT2D eigenvalue weighted by atomic mass is 9.95. The van der Waals surface area contributed by atoms with Crippen molar-refractivity contribution >= 4 is 0 Å². The van der Waals surface area contributed by atoms with Gasteiger partial charge in [0.1, 0.15) is 79.4 Å². The van der Waals surface area contributed by atoms with Gasteiger partial charge >= 0.3 is 0 Å². The normalized spacial score (nSPS) is 53.6. The van der Waals surface area contributed by atoms with Crippen molar-refractivity contribution in [2.75, 3.05) is 13.2 Å². The second-order valence-corrected chi connectivity index (χ2v) is 11.2. The molecule has 0 bridgehead atoms. The van der Waals surface area contributed by atoms with E-state index < -0.39 is 123 Å². The fraction of sp³-hybridized carbons (Fsp3) is 1.00. The first kappa shape index (κ1) is 35.8. The molecule has 4 fully saturated rings. The maximum Gasteiger partial charge on any atom is 0.187 e. The molecule has 7 unspecified atom stereocenters. The van der Waals surface area contributed by atoms with Crippen molar-refractivity contribution in [3.63, 3.8) is 0 Å². The maximum atomic E-state index is 10.1. The Kier molecular flexibility index (Phi) is 12.8. The number of hydrogen-bond donors (Lipinski definition) is 11. The van der Waals surface area contributed by atoms with Crippen molar-refractivity contribution < 1.29 is 84.6 Å². The average Bonchev–Trinajstić information content (AvgIpc) is 2.96. The average molecular weight is 619 g/mol. The van der Waals surface area contributed by atoms with Crippen LogP contribution >= 0.6 is 0 Å². The first-order valence-corrected chi connectivity index (χ1v) is 13.9. The van der Waals surface area contributed by atoms with E-state index in [-0.39, 0.29) is 6.61 Å². The Morgan fingerprint density at radius 3 is 1.40 bits per heavy atom. The van der Waals surface area contributed by atoms with Crippen LogP contribution in [0.4, 0.5) is 0 Å². The summed E-state index contributed by atoms with van der Waals surface area (Å²) in [5, 5.41) is 107. The molecule has 11 N–H and O–H groups in total. The van der Waals surface area contributed by atoms with Gasteiger partial charge in [0, 0.05) is 0 Å². The Hall–Kier alpha value is -0.680. The minimum atomic E-state index is -1.52. The Labute approximate surface area is 242 Å². The molecule has 0 aromatic heterocycles. The van der Waals surface area contributed by atoms with Gasteiger partial charge in [0.2, 0.25) is 0 Å². The monoisotopic (exact) mass is 618 g/mol. The smallest absolute Gasteiger partial charge is 0.187 e. The van der Waals surface area contributed by atoms with Crippen molar-refractivity contribution in [1.82, 2.24) is 0 Å². The van der Waals surface area contributed by atoms with E-state index in [4.69, 9.17) is 33.5 Å². The van der Waals surface area contributed by atoms with Gasteiger partial charge in [0.25, 0.3) is 0 Å². The summed E-state index contributed by atoms with van der Waals surface area (Å²) in [5.74, 6) is 0. The van der Waals surface area contributed by atoms with Crippen molar-refractivity contribution in [3.05, 3.63) is 0 Å². The summed E-state index contributed by atoms with van der Waals surface area (Å²) in [4.78, 5) is 0. The predicted octanol–water partition coefficient (Wildman–Crippen LogP) is -5.96. The summed E-state index contributed by atoms with van der Waals surface area (Å²) in [6.45, 7) is 5.80. The molecule has 19 atom stereocenters. The number of hydrogen-bond acceptors (Lipinski definition) is 17. The topological polar surface area (TPSA) is 278 Å². The fourth-order valence-corrected chi connectivity index (χ4v) is 5.16. The SMILES string of the molecule is CC1O[C@@H](O[C@H]2C(C)OC(CO)[C@H](O)[C@H]2O)[C@@H](O)[C@@H](O)C1O.CC1O[C@@H](O[C@H]2[C@H](C)OCC(O)[C@H]2O)[C@@H](O)[C@@H](O)C1O. The highest BCUT2D eigenvalue weighted by Crippen LogP contribution is 2.29. The lowest BCUT2D eigenvalue weighted by Gasteiger charge is -2.45. The highest BCUT2D eigenvalue weighted by Gasteiger charge is 2.49. The molecule has 4 aliphatic heterocycles. The van der Waals surface area contributed by atoms with Crippen molar-refractivity contribution in [2.24, 2.45) is 0 Å². The number of rotatable bonds is 5. The zero-order chi connectivity index (χ0) is 31.6. The third kappa shape index (κ3) is 7.75. The largest absolute Gasteiger partial charge is 0.394 e. The molecule has 17 heteroatoms. The molecule has 0 spiro atoms. The number of aliphatic hydroxyl groups excluding tert-OH is 11. The summed E-state index contributed by atoms with van der Waals surface area (Å²) in [5.41, 5.74) is 0. The van der Waals surface area contributed by atoms with Gasteiger partial charge in [-0.2, -0.15) is 0 Å². The molecular formula is C25H46O17. The van der Waals surface area contributed by atoms with Gasteiger partial charge in [-0.1, -0.05) is 0 Å². The maximum absolute atomic E-state index is 10.1. The Bertz CT molecular complexity index is 824. The Morgan fingerprint density at radius 1 is 0.500 bits per heavy atom. The van der Waals surface area contributed by atoms with Crippen LogP contribution in [-0.4, -0.2) is 186 Å². The molecular weight excluding hydrogens is 572 g/mol. The number of aliphatic hydroxyl groups is 11. The molecule has 0 radical (unpaired) electrons. The molecule has 0 aliphatic carbocycles. The van der Waals surface area contributed by atoms with Gasteiger partial charge in [-0.25, -0.2) is 0 Å². The van der Waals surface area contributed by atoms with E-state index in [1.807, 2.05) is 0 Å². The van der Waals surface area contributed by atoms with E-state index in [1.165, 1.54) is 13.8 Å². The lowest BCUT2D eigenvalue weighted by Crippen LogP contribution is -2.63. The third-order valence-corrected chi connectivity index (χ3v) is 8.02. The molecule has 4 aliphatic rings. The summed E-state index contributed by atoms with van der Waals surface area (Å²) in [7, 11) is 0. The first-order valence-electron chi connectivity index (χ1n) is 13.9. The van der Waals surface area contributed by atoms with Gasteiger partial charge in [-0.05, 0) is 27.7 Å². The van der Waals surface area contributed by atoms with Crippen LogP contribution < -0.4 is 0 Å². The predicted molar refractivity (Wildman–Crippen MR) is 135 cm³/mol. The zero-order valence-corrected chi connectivity index (χ0v) is 23.8. The van der Waals surface area contributed by atoms with Gasteiger partial charge in [-0.15, -0.1) is 0 Å². The van der Waals surface area contributed by atoms with Crippen LogP contribution in [0.25, 0.3) is 0 Å². The Morgan fingerprint density at radius 2 is 0.952 bits per heavy atom. The molecule has 4 heterocycles. The van der Waals surface area contributed by atoms with E-state index in [2.05, 4.69) is 0 Å². The molecule has 248 valence electrons. The lowest BCUT2D eigenvalue weighted by molar-refractivity contribution is -0.335. The molecule has 17 nitrogen and oxygen atoms in total. The molecule has 4 rings (SSSR count). The zero-order valence-electron chi connectivity index (χ0n) is 23.8. The molecule has 0 saturated carbocycles. The van der Waals surface area contributed by atoms with E-state index in [1.54, 1.807) is 13.8 Å². The van der Waals surface area contributed by atoms with E-state index in [0.717, 1.165) is 0 Å². The van der Waals surface area contributed by atoms with E-state index in [0.29, 0.717) is 0 Å². The van der Waals surface area contributed by atoms with Crippen LogP contribution in [0.1, 0.15) is 27.7 Å². The third-order valence-electron chi connectivity index (χ3n) is 8.02. The molecule has 0 aromatic carbocycles. The van der Waals surface area contributed by atoms with Crippen molar-refractivity contribution in [1.29, 1.82) is 0 Å². The minimum absolute atomic E-state index is 0.00594. The standard InChI is InChI=1S/C13H24O9.C12H22O8/c1-4-7(15)9(17)11(19)13(21-4)22-12-5(2)20-6(3-14)8(16)10(12)18;1-4-7(14)9(16)10(17)12(19-4)20-11-5(2)18-3-6(13)8(11)15/h4-19H,3H2,1-2H3;4-17H,3H2,1-2H3/t4?,5?,6?,7?,8-,9-,10+,11-,12-,13-;4?,5-,6?,7?,8+,9-,10-,11-,12-/m00/s1. The van der Waals surface area contributed by atoms with Crippen LogP contribution in [-0.2, 0) is 28.4 Å². The summed E-state index contributed by atoms with van der Waals surface area (Å²) in [6.07, 6.45) is -21.4. The van der Waals surface area contributed by atoms with Gasteiger partial charge in [-0.3, -0.25) is 0 Å². The molecule has 4 saturated heterocycles. The fourth-order valence-electron chi connectivity index (χ4n) is 5.16. The van der Waals surface area contributed by atoms with Crippen LogP contribution in [0.2, 0.25) is 0 Å². The van der Waals surface area contributed by atoms with Gasteiger partial charge in [0.15, 0.2) is 12.6 Å². The summed E-state index contributed by atoms with van der Waals surface area (Å²) >= 11 is 0. The minimum Gasteiger partial charge on any atom is -0.394 e. The van der Waals surface area contributed by atoms with Crippen molar-refractivity contribution in [2.45, 2.75) is 144 Å². The summed E-state index contributed by atoms with van der Waals surface area (Å²) in [6, 6.07) is 0. The molecule has 0 amide bonds. The van der Waals surface area contributed by atoms with Crippen molar-refractivity contribution in [3.8, 4) is 0 Å². The Balaban J connectivity index is 0.000000231. The van der Waals surface area contributed by atoms with Crippen LogP contribution in [0.3, 0.4) is 0 Å². The van der Waals surface area contributed by atoms with E-state index >= 15 is 0 Å². The quantitative estimate of drug-likeness (QED) is 0.137. The number of ether oxygens (including phenoxy) is 6. The second-order valence-electron chi connectivity index (χ2n) is 11.2. The van der Waals surface area contributed by atoms with Crippen LogP contribution in [0.5, 0.6) is 0 Å². The van der Waals surface area contributed by atoms with Crippen LogP contribution in [0, 0.1) is 0 Å². The first-order chi connectivity index (χ1) is 19.6. The summed E-state index contributed by atoms with van der Waals surface area (Å²) < 4.78 is 32.1. The highest BCUT2D eigenvalue weighted by molar-refractivity contribution is 4.94. The van der Waals surface area contributed by atoms with Crippen LogP contribution in [0.15, 0.2) is 0 Å². The molecule has 0 aromatic rings. The van der Waals surface area contributed by atoms with Gasteiger partial charge < -0.3 is 84.6 Å². The van der Waals surface area contributed by atoms with Gasteiger partial charge in [0.05, 0.1) is 37.6 Å².